The topological polar surface area (TPSA) is 46.2 Å². The van der Waals surface area contributed by atoms with Gasteiger partial charge in [-0.25, -0.2) is 8.42 Å². The van der Waals surface area contributed by atoms with E-state index in [2.05, 4.69) is 4.72 Å². The zero-order valence-electron chi connectivity index (χ0n) is 13.4. The molecule has 0 saturated carbocycles. The summed E-state index contributed by atoms with van der Waals surface area (Å²) in [4.78, 5) is 0.301. The summed E-state index contributed by atoms with van der Waals surface area (Å²) in [7, 11) is -3.65. The summed E-state index contributed by atoms with van der Waals surface area (Å²) in [6.45, 7) is 5.84. The largest absolute Gasteiger partial charge is 0.279 e. The lowest BCUT2D eigenvalue weighted by Crippen LogP contribution is -2.15. The van der Waals surface area contributed by atoms with Crippen LogP contribution in [-0.4, -0.2) is 8.42 Å². The van der Waals surface area contributed by atoms with E-state index in [-0.39, 0.29) is 0 Å². The number of nitrogens with one attached hydrogen (secondary N) is 1. The van der Waals surface area contributed by atoms with Gasteiger partial charge < -0.3 is 0 Å². The van der Waals surface area contributed by atoms with Crippen molar-refractivity contribution in [2.24, 2.45) is 0 Å². The Kier molecular flexibility index (Phi) is 3.86. The molecule has 4 heteroatoms. The van der Waals surface area contributed by atoms with Gasteiger partial charge in [0.15, 0.2) is 0 Å². The molecule has 0 atom stereocenters. The molecule has 3 rings (SSSR count). The molecule has 3 aromatic carbocycles. The van der Waals surface area contributed by atoms with Crippen LogP contribution >= 0.6 is 0 Å². The Balaban J connectivity index is 2.12. The van der Waals surface area contributed by atoms with Crippen molar-refractivity contribution in [3.8, 4) is 0 Å². The fourth-order valence-electron chi connectivity index (χ4n) is 2.96. The molecule has 1 N–H and O–H groups in total. The van der Waals surface area contributed by atoms with E-state index in [4.69, 9.17) is 0 Å². The number of hydrogen-bond donors (Lipinski definition) is 1. The second kappa shape index (κ2) is 5.70. The molecular weight excluding hydrogens is 306 g/mol. The monoisotopic (exact) mass is 325 g/mol. The molecule has 0 unspecified atom stereocenters. The van der Waals surface area contributed by atoms with Crippen LogP contribution in [-0.2, 0) is 10.0 Å². The number of anilines is 1. The molecule has 0 spiro atoms. The molecule has 0 fully saturated rings. The smallest absolute Gasteiger partial charge is 0.262 e. The van der Waals surface area contributed by atoms with Crippen LogP contribution in [0.5, 0.6) is 0 Å². The Labute approximate surface area is 137 Å². The molecule has 0 aromatic heterocycles. The minimum atomic E-state index is -3.65. The maximum absolute atomic E-state index is 12.9. The fraction of sp³-hybridized carbons (Fsp3) is 0.158. The summed E-state index contributed by atoms with van der Waals surface area (Å²) in [5.41, 5.74) is 3.62. The predicted molar refractivity (Wildman–Crippen MR) is 95.4 cm³/mol. The van der Waals surface area contributed by atoms with Crippen LogP contribution in [0.3, 0.4) is 0 Å². The summed E-state index contributed by atoms with van der Waals surface area (Å²) >= 11 is 0. The minimum absolute atomic E-state index is 0.301. The first-order valence-electron chi connectivity index (χ1n) is 7.47. The van der Waals surface area contributed by atoms with Gasteiger partial charge >= 0.3 is 0 Å². The maximum atomic E-state index is 12.9. The average Bonchev–Trinajstić information content (AvgIpc) is 2.50. The maximum Gasteiger partial charge on any atom is 0.262 e. The molecule has 3 nitrogen and oxygen atoms in total. The third-order valence-electron chi connectivity index (χ3n) is 3.95. The van der Waals surface area contributed by atoms with Crippen molar-refractivity contribution in [1.29, 1.82) is 0 Å². The van der Waals surface area contributed by atoms with Crippen molar-refractivity contribution in [2.45, 2.75) is 25.7 Å². The molecular formula is C19H19NO2S. The van der Waals surface area contributed by atoms with Crippen molar-refractivity contribution in [2.75, 3.05) is 4.72 Å². The number of rotatable bonds is 3. The average molecular weight is 325 g/mol. The van der Waals surface area contributed by atoms with Crippen LogP contribution in [0.2, 0.25) is 0 Å². The molecule has 3 aromatic rings. The van der Waals surface area contributed by atoms with E-state index in [0.29, 0.717) is 10.6 Å². The minimum Gasteiger partial charge on any atom is -0.279 e. The highest BCUT2D eigenvalue weighted by Gasteiger charge is 2.19. The van der Waals surface area contributed by atoms with Crippen molar-refractivity contribution in [3.63, 3.8) is 0 Å². The van der Waals surface area contributed by atoms with Gasteiger partial charge in [0.05, 0.1) is 10.6 Å². The van der Waals surface area contributed by atoms with E-state index in [0.717, 1.165) is 27.5 Å². The number of sulfonamides is 1. The van der Waals surface area contributed by atoms with E-state index in [1.54, 1.807) is 12.1 Å². The summed E-state index contributed by atoms with van der Waals surface area (Å²) in [5.74, 6) is 0. The number of fused-ring (bicyclic) bond motifs is 1. The SMILES string of the molecule is Cc1cc(C)c(NS(=O)(=O)c2cccc3ccccc23)c(C)c1. The van der Waals surface area contributed by atoms with Crippen LogP contribution in [0.4, 0.5) is 5.69 Å². The highest BCUT2D eigenvalue weighted by Crippen LogP contribution is 2.28. The molecule has 0 aliphatic rings. The number of hydrogen-bond acceptors (Lipinski definition) is 2. The van der Waals surface area contributed by atoms with Crippen LogP contribution < -0.4 is 4.72 Å². The summed E-state index contributed by atoms with van der Waals surface area (Å²) in [6.07, 6.45) is 0. The number of benzene rings is 3. The van der Waals surface area contributed by atoms with Crippen LogP contribution in [0.1, 0.15) is 16.7 Å². The molecule has 0 radical (unpaired) electrons. The Morgan fingerprint density at radius 1 is 0.826 bits per heavy atom. The van der Waals surface area contributed by atoms with Crippen molar-refractivity contribution in [3.05, 3.63) is 71.3 Å². The van der Waals surface area contributed by atoms with E-state index in [1.165, 1.54) is 0 Å². The van der Waals surface area contributed by atoms with Crippen molar-refractivity contribution >= 4 is 26.5 Å². The zero-order chi connectivity index (χ0) is 16.6. The van der Waals surface area contributed by atoms with E-state index in [9.17, 15) is 8.42 Å². The van der Waals surface area contributed by atoms with Crippen molar-refractivity contribution in [1.82, 2.24) is 0 Å². The van der Waals surface area contributed by atoms with Gasteiger partial charge in [-0.3, -0.25) is 4.72 Å². The van der Waals surface area contributed by atoms with Gasteiger partial charge in [0.25, 0.3) is 10.0 Å². The summed E-state index contributed by atoms with van der Waals surface area (Å²) in [5, 5.41) is 1.64. The Morgan fingerprint density at radius 2 is 1.43 bits per heavy atom. The van der Waals surface area contributed by atoms with E-state index < -0.39 is 10.0 Å². The second-order valence-corrected chi connectivity index (χ2v) is 7.51. The summed E-state index contributed by atoms with van der Waals surface area (Å²) in [6, 6.07) is 16.8. The molecule has 0 saturated heterocycles. The number of aryl methyl sites for hydroxylation is 3. The Bertz CT molecular complexity index is 963. The van der Waals surface area contributed by atoms with Crippen LogP contribution in [0.15, 0.2) is 59.5 Å². The van der Waals surface area contributed by atoms with Gasteiger partial charge in [0, 0.05) is 5.39 Å². The lowest BCUT2D eigenvalue weighted by atomic mass is 10.1. The zero-order valence-corrected chi connectivity index (χ0v) is 14.2. The molecule has 0 amide bonds. The predicted octanol–water partition coefficient (Wildman–Crippen LogP) is 4.57. The van der Waals surface area contributed by atoms with Gasteiger partial charge in [-0.1, -0.05) is 54.1 Å². The summed E-state index contributed by atoms with van der Waals surface area (Å²) < 4.78 is 28.6. The standard InChI is InChI=1S/C19H19NO2S/c1-13-11-14(2)19(15(3)12-13)20-23(21,22)18-10-6-8-16-7-4-5-9-17(16)18/h4-12,20H,1-3H3. The quantitative estimate of drug-likeness (QED) is 0.767. The first kappa shape index (κ1) is 15.6. The fourth-order valence-corrected chi connectivity index (χ4v) is 4.39. The lowest BCUT2D eigenvalue weighted by molar-refractivity contribution is 0.602. The first-order valence-corrected chi connectivity index (χ1v) is 8.95. The molecule has 0 heterocycles. The molecule has 0 bridgehead atoms. The van der Waals surface area contributed by atoms with E-state index >= 15 is 0 Å². The highest BCUT2D eigenvalue weighted by atomic mass is 32.2. The van der Waals surface area contributed by atoms with Gasteiger partial charge in [-0.2, -0.15) is 0 Å². The molecule has 0 aliphatic heterocycles. The van der Waals surface area contributed by atoms with Crippen LogP contribution in [0, 0.1) is 20.8 Å². The van der Waals surface area contributed by atoms with Gasteiger partial charge in [0.2, 0.25) is 0 Å². The lowest BCUT2D eigenvalue weighted by Gasteiger charge is -2.15. The second-order valence-electron chi connectivity index (χ2n) is 5.86. The van der Waals surface area contributed by atoms with Gasteiger partial charge in [0.1, 0.15) is 0 Å². The van der Waals surface area contributed by atoms with Crippen molar-refractivity contribution < 1.29 is 8.42 Å². The van der Waals surface area contributed by atoms with Gasteiger partial charge in [-0.05, 0) is 43.4 Å². The molecule has 23 heavy (non-hydrogen) atoms. The Morgan fingerprint density at radius 3 is 2.13 bits per heavy atom. The Hall–Kier alpha value is -2.33. The highest BCUT2D eigenvalue weighted by molar-refractivity contribution is 7.93. The van der Waals surface area contributed by atoms with Crippen LogP contribution in [0.25, 0.3) is 10.8 Å². The first-order chi connectivity index (χ1) is 10.9. The normalized spacial score (nSPS) is 11.6. The third-order valence-corrected chi connectivity index (χ3v) is 5.36. The third kappa shape index (κ3) is 2.94. The molecule has 118 valence electrons. The van der Waals surface area contributed by atoms with Gasteiger partial charge in [-0.15, -0.1) is 0 Å². The molecule has 0 aliphatic carbocycles. The van der Waals surface area contributed by atoms with E-state index in [1.807, 2.05) is 63.2 Å².